The van der Waals surface area contributed by atoms with E-state index in [2.05, 4.69) is 4.98 Å². The maximum absolute atomic E-state index is 13.9. The summed E-state index contributed by atoms with van der Waals surface area (Å²) in [7, 11) is 0. The Hall–Kier alpha value is -2.75. The van der Waals surface area contributed by atoms with Crippen LogP contribution in [0.25, 0.3) is 11.6 Å². The number of aromatic nitrogens is 1. The van der Waals surface area contributed by atoms with E-state index in [9.17, 15) is 9.18 Å². The molecule has 22 heavy (non-hydrogen) atoms. The molecule has 0 fully saturated rings. The van der Waals surface area contributed by atoms with Crippen molar-refractivity contribution in [2.75, 3.05) is 0 Å². The Morgan fingerprint density at radius 3 is 2.86 bits per heavy atom. The molecule has 2 heterocycles. The highest BCUT2D eigenvalue weighted by molar-refractivity contribution is 6.23. The maximum Gasteiger partial charge on any atom is 0.179 e. The smallest absolute Gasteiger partial charge is 0.179 e. The Bertz CT molecular complexity index is 811. The lowest BCUT2D eigenvalue weighted by atomic mass is 9.78. The van der Waals surface area contributed by atoms with Gasteiger partial charge in [-0.2, -0.15) is 0 Å². The number of nitrogens with zero attached hydrogens (tertiary/aromatic N) is 1. The summed E-state index contributed by atoms with van der Waals surface area (Å²) in [6.45, 7) is 0. The van der Waals surface area contributed by atoms with Crippen LogP contribution in [-0.2, 0) is 9.53 Å². The lowest BCUT2D eigenvalue weighted by molar-refractivity contribution is -0.118. The van der Waals surface area contributed by atoms with Crippen molar-refractivity contribution in [1.82, 2.24) is 4.98 Å². The summed E-state index contributed by atoms with van der Waals surface area (Å²) in [4.78, 5) is 17.1. The SMILES string of the molecule is O=C1C(c2ccccn2)=COC2C=Cc3c(F)cccc3C12. The molecule has 0 saturated carbocycles. The second-order valence-electron chi connectivity index (χ2n) is 5.29. The fourth-order valence-corrected chi connectivity index (χ4v) is 2.98. The molecule has 4 rings (SSSR count). The molecule has 1 aromatic heterocycles. The average Bonchev–Trinajstić information content (AvgIpc) is 2.56. The molecule has 0 amide bonds. The number of allylic oxidation sites excluding steroid dienone is 1. The second kappa shape index (κ2) is 4.91. The molecule has 2 aliphatic rings. The normalized spacial score (nSPS) is 22.4. The van der Waals surface area contributed by atoms with Gasteiger partial charge in [-0.1, -0.05) is 24.3 Å². The van der Waals surface area contributed by atoms with Crippen LogP contribution >= 0.6 is 0 Å². The number of fused-ring (bicyclic) bond motifs is 3. The van der Waals surface area contributed by atoms with Gasteiger partial charge in [0, 0.05) is 11.8 Å². The van der Waals surface area contributed by atoms with E-state index in [1.54, 1.807) is 42.6 Å². The molecule has 1 aromatic carbocycles. The third-order valence-corrected chi connectivity index (χ3v) is 4.03. The number of benzene rings is 1. The van der Waals surface area contributed by atoms with Gasteiger partial charge in [0.2, 0.25) is 0 Å². The van der Waals surface area contributed by atoms with Crippen molar-refractivity contribution in [1.29, 1.82) is 0 Å². The highest BCUT2D eigenvalue weighted by Gasteiger charge is 2.39. The molecule has 108 valence electrons. The fourth-order valence-electron chi connectivity index (χ4n) is 2.98. The van der Waals surface area contributed by atoms with Crippen molar-refractivity contribution in [3.63, 3.8) is 0 Å². The zero-order valence-electron chi connectivity index (χ0n) is 11.6. The summed E-state index contributed by atoms with van der Waals surface area (Å²) in [6, 6.07) is 10.2. The first-order valence-corrected chi connectivity index (χ1v) is 7.03. The number of pyridine rings is 1. The molecule has 4 heteroatoms. The summed E-state index contributed by atoms with van der Waals surface area (Å²) < 4.78 is 19.6. The minimum atomic E-state index is -0.530. The number of Topliss-reactive ketones (excluding diaryl/α,β-unsaturated/α-hetero) is 1. The summed E-state index contributed by atoms with van der Waals surface area (Å²) in [5, 5.41) is 0. The van der Waals surface area contributed by atoms with E-state index in [1.807, 2.05) is 6.07 Å². The van der Waals surface area contributed by atoms with Crippen LogP contribution in [-0.4, -0.2) is 16.9 Å². The summed E-state index contributed by atoms with van der Waals surface area (Å²) in [5.41, 5.74) is 2.12. The maximum atomic E-state index is 13.9. The summed E-state index contributed by atoms with van der Waals surface area (Å²) in [6.07, 6.45) is 6.11. The Kier molecular flexibility index (Phi) is 2.89. The molecule has 0 spiro atoms. The molecule has 2 unspecified atom stereocenters. The lowest BCUT2D eigenvalue weighted by Gasteiger charge is -2.32. The van der Waals surface area contributed by atoms with E-state index >= 15 is 0 Å². The minimum Gasteiger partial charge on any atom is -0.492 e. The first-order valence-electron chi connectivity index (χ1n) is 7.03. The molecule has 0 N–H and O–H groups in total. The molecule has 1 aliphatic heterocycles. The zero-order valence-corrected chi connectivity index (χ0v) is 11.6. The van der Waals surface area contributed by atoms with Crippen LogP contribution < -0.4 is 0 Å². The van der Waals surface area contributed by atoms with Gasteiger partial charge in [-0.15, -0.1) is 0 Å². The van der Waals surface area contributed by atoms with Crippen molar-refractivity contribution in [3.8, 4) is 0 Å². The molecular formula is C18H12FNO2. The van der Waals surface area contributed by atoms with E-state index < -0.39 is 12.0 Å². The van der Waals surface area contributed by atoms with Gasteiger partial charge in [0.15, 0.2) is 5.78 Å². The number of ketones is 1. The first-order chi connectivity index (χ1) is 10.8. The van der Waals surface area contributed by atoms with Crippen LogP contribution in [0.5, 0.6) is 0 Å². The van der Waals surface area contributed by atoms with Crippen molar-refractivity contribution < 1.29 is 13.9 Å². The molecule has 3 nitrogen and oxygen atoms in total. The van der Waals surface area contributed by atoms with Crippen molar-refractivity contribution in [2.24, 2.45) is 0 Å². The van der Waals surface area contributed by atoms with Crippen molar-refractivity contribution >= 4 is 17.4 Å². The molecule has 1 aliphatic carbocycles. The zero-order chi connectivity index (χ0) is 15.1. The van der Waals surface area contributed by atoms with Gasteiger partial charge in [-0.3, -0.25) is 9.78 Å². The third-order valence-electron chi connectivity index (χ3n) is 4.03. The molecule has 2 atom stereocenters. The molecule has 0 saturated heterocycles. The van der Waals surface area contributed by atoms with Crippen LogP contribution in [0.3, 0.4) is 0 Å². The fraction of sp³-hybridized carbons (Fsp3) is 0.111. The van der Waals surface area contributed by atoms with Gasteiger partial charge in [-0.05, 0) is 29.8 Å². The van der Waals surface area contributed by atoms with Gasteiger partial charge in [0.05, 0.1) is 23.4 Å². The van der Waals surface area contributed by atoms with Gasteiger partial charge < -0.3 is 4.74 Å². The predicted octanol–water partition coefficient (Wildman–Crippen LogP) is 3.34. The quantitative estimate of drug-likeness (QED) is 0.809. The van der Waals surface area contributed by atoms with Crippen molar-refractivity contribution in [2.45, 2.75) is 12.0 Å². The monoisotopic (exact) mass is 293 g/mol. The number of rotatable bonds is 1. The lowest BCUT2D eigenvalue weighted by Crippen LogP contribution is -2.33. The van der Waals surface area contributed by atoms with Gasteiger partial charge in [-0.25, -0.2) is 4.39 Å². The Morgan fingerprint density at radius 1 is 1.14 bits per heavy atom. The first kappa shape index (κ1) is 13.0. The number of hydrogen-bond donors (Lipinski definition) is 0. The predicted molar refractivity (Wildman–Crippen MR) is 80.3 cm³/mol. The molecule has 2 aromatic rings. The van der Waals surface area contributed by atoms with Crippen LogP contribution in [0.1, 0.15) is 22.7 Å². The van der Waals surface area contributed by atoms with Gasteiger partial charge >= 0.3 is 0 Å². The van der Waals surface area contributed by atoms with Gasteiger partial charge in [0.25, 0.3) is 0 Å². The Labute approximate surface area is 126 Å². The van der Waals surface area contributed by atoms with Crippen LogP contribution in [0.4, 0.5) is 4.39 Å². The number of ether oxygens (including phenoxy) is 1. The van der Waals surface area contributed by atoms with E-state index in [1.165, 1.54) is 12.3 Å². The average molecular weight is 293 g/mol. The van der Waals surface area contributed by atoms with Gasteiger partial charge in [0.1, 0.15) is 11.9 Å². The van der Waals surface area contributed by atoms with Crippen LogP contribution in [0.2, 0.25) is 0 Å². The minimum absolute atomic E-state index is 0.0915. The molecule has 0 bridgehead atoms. The second-order valence-corrected chi connectivity index (χ2v) is 5.29. The number of halogens is 1. The number of hydrogen-bond acceptors (Lipinski definition) is 3. The van der Waals surface area contributed by atoms with Crippen LogP contribution in [0.15, 0.2) is 54.9 Å². The van der Waals surface area contributed by atoms with Crippen molar-refractivity contribution in [3.05, 3.63) is 77.6 Å². The number of carbonyl (C=O) groups excluding carboxylic acids is 1. The van der Waals surface area contributed by atoms with E-state index in [0.29, 0.717) is 22.4 Å². The number of carbonyl (C=O) groups is 1. The molecular weight excluding hydrogens is 281 g/mol. The topological polar surface area (TPSA) is 39.2 Å². The highest BCUT2D eigenvalue weighted by atomic mass is 19.1. The Balaban J connectivity index is 1.82. The Morgan fingerprint density at radius 2 is 2.05 bits per heavy atom. The largest absolute Gasteiger partial charge is 0.492 e. The van der Waals surface area contributed by atoms with E-state index in [0.717, 1.165) is 0 Å². The van der Waals surface area contributed by atoms with E-state index in [4.69, 9.17) is 4.74 Å². The third kappa shape index (κ3) is 1.88. The standard InChI is InChI=1S/C18H12FNO2/c19-14-5-3-4-12-11(14)7-8-16-17(12)18(21)13(10-22-16)15-6-1-2-9-20-15/h1-10,16-17H. The summed E-state index contributed by atoms with van der Waals surface area (Å²) in [5.74, 6) is -0.946. The highest BCUT2D eigenvalue weighted by Crippen LogP contribution is 2.39. The molecule has 0 radical (unpaired) electrons. The van der Waals surface area contributed by atoms with Crippen LogP contribution in [0, 0.1) is 5.82 Å². The summed E-state index contributed by atoms with van der Waals surface area (Å²) >= 11 is 0. The van der Waals surface area contributed by atoms with E-state index in [-0.39, 0.29) is 11.6 Å².